The van der Waals surface area contributed by atoms with Crippen LogP contribution in [0.4, 0.5) is 10.1 Å². The topological polar surface area (TPSA) is 91.0 Å². The molecule has 0 radical (unpaired) electrons. The predicted molar refractivity (Wildman–Crippen MR) is 113 cm³/mol. The number of halogens is 1. The van der Waals surface area contributed by atoms with Gasteiger partial charge in [0.15, 0.2) is 5.96 Å². The summed E-state index contributed by atoms with van der Waals surface area (Å²) in [4.78, 5) is 8.66. The fourth-order valence-electron chi connectivity index (χ4n) is 3.10. The number of hydrogen-bond acceptors (Lipinski definition) is 4. The highest BCUT2D eigenvalue weighted by atomic mass is 32.2. The van der Waals surface area contributed by atoms with Crippen LogP contribution in [-0.2, 0) is 10.0 Å². The van der Waals surface area contributed by atoms with E-state index in [0.717, 1.165) is 24.3 Å². The largest absolute Gasteiger partial charge is 0.370 e. The summed E-state index contributed by atoms with van der Waals surface area (Å²) in [6.07, 6.45) is 0. The average Bonchev–Trinajstić information content (AvgIpc) is 2.72. The van der Waals surface area contributed by atoms with Gasteiger partial charge in [-0.2, -0.15) is 0 Å². The van der Waals surface area contributed by atoms with Crippen LogP contribution in [0.15, 0.2) is 58.4 Å². The van der Waals surface area contributed by atoms with Crippen molar-refractivity contribution in [3.05, 3.63) is 59.9 Å². The van der Waals surface area contributed by atoms with Gasteiger partial charge in [0.2, 0.25) is 10.0 Å². The van der Waals surface area contributed by atoms with Gasteiger partial charge >= 0.3 is 0 Å². The molecule has 156 valence electrons. The zero-order valence-electron chi connectivity index (χ0n) is 16.4. The summed E-state index contributed by atoms with van der Waals surface area (Å²) >= 11 is 0. The number of guanidine groups is 1. The van der Waals surface area contributed by atoms with E-state index in [4.69, 9.17) is 5.73 Å². The molecule has 0 unspecified atom stereocenters. The molecule has 9 heteroatoms. The number of hydrogen-bond donors (Lipinski definition) is 2. The van der Waals surface area contributed by atoms with Crippen LogP contribution < -0.4 is 15.4 Å². The third-order valence-corrected chi connectivity index (χ3v) is 6.28. The predicted octanol–water partition coefficient (Wildman–Crippen LogP) is 1.55. The molecular weight excluding hydrogens is 393 g/mol. The molecule has 1 saturated heterocycles. The Morgan fingerprint density at radius 2 is 1.69 bits per heavy atom. The molecule has 2 aromatic carbocycles. The standard InChI is InChI=1S/C20H26FN5O2S/c1-16-2-8-19(9-3-16)29(27,28)24-11-10-23-20(22)26-14-12-25(13-15-26)18-6-4-17(21)5-7-18/h2-9,24H,10-15H2,1H3,(H2,22,23). The fraction of sp³-hybridized carbons (Fsp3) is 0.350. The molecule has 1 fully saturated rings. The molecule has 0 bridgehead atoms. The minimum Gasteiger partial charge on any atom is -0.370 e. The van der Waals surface area contributed by atoms with Gasteiger partial charge in [-0.3, -0.25) is 4.99 Å². The van der Waals surface area contributed by atoms with E-state index in [9.17, 15) is 12.8 Å². The van der Waals surface area contributed by atoms with Crippen molar-refractivity contribution >= 4 is 21.7 Å². The minimum absolute atomic E-state index is 0.173. The highest BCUT2D eigenvalue weighted by Gasteiger charge is 2.18. The van der Waals surface area contributed by atoms with E-state index in [-0.39, 0.29) is 23.8 Å². The van der Waals surface area contributed by atoms with Crippen LogP contribution in [0.25, 0.3) is 0 Å². The first-order chi connectivity index (χ1) is 13.8. The third kappa shape index (κ3) is 5.68. The zero-order valence-corrected chi connectivity index (χ0v) is 17.2. The fourth-order valence-corrected chi connectivity index (χ4v) is 4.12. The van der Waals surface area contributed by atoms with Crippen molar-refractivity contribution < 1.29 is 12.8 Å². The number of aryl methyl sites for hydroxylation is 1. The molecule has 7 nitrogen and oxygen atoms in total. The van der Waals surface area contributed by atoms with Crippen LogP contribution in [0.5, 0.6) is 0 Å². The second-order valence-electron chi connectivity index (χ2n) is 6.90. The summed E-state index contributed by atoms with van der Waals surface area (Å²) in [7, 11) is -3.55. The van der Waals surface area contributed by atoms with Crippen LogP contribution in [-0.4, -0.2) is 58.5 Å². The molecule has 3 rings (SSSR count). The maximum atomic E-state index is 13.1. The Bertz CT molecular complexity index is 938. The Balaban J connectivity index is 1.46. The lowest BCUT2D eigenvalue weighted by molar-refractivity contribution is 0.381. The molecule has 0 aromatic heterocycles. The molecular formula is C20H26FN5O2S. The molecule has 1 heterocycles. The van der Waals surface area contributed by atoms with Crippen molar-refractivity contribution in [3.8, 4) is 0 Å². The molecule has 0 saturated carbocycles. The number of aliphatic imine (C=N–C) groups is 1. The Hall–Kier alpha value is -2.65. The summed E-state index contributed by atoms with van der Waals surface area (Å²) < 4.78 is 40.1. The van der Waals surface area contributed by atoms with Gasteiger partial charge in [0.1, 0.15) is 5.82 Å². The average molecular weight is 420 g/mol. The number of benzene rings is 2. The summed E-state index contributed by atoms with van der Waals surface area (Å²) in [5, 5.41) is 0. The first kappa shape index (κ1) is 21.1. The number of rotatable bonds is 6. The molecule has 1 aliphatic heterocycles. The van der Waals surface area contributed by atoms with Gasteiger partial charge in [0, 0.05) is 38.4 Å². The Morgan fingerprint density at radius 3 is 2.31 bits per heavy atom. The monoisotopic (exact) mass is 419 g/mol. The quantitative estimate of drug-likeness (QED) is 0.421. The van der Waals surface area contributed by atoms with Gasteiger partial charge in [0.25, 0.3) is 0 Å². The molecule has 0 spiro atoms. The second kappa shape index (κ2) is 9.23. The summed E-state index contributed by atoms with van der Waals surface area (Å²) in [6.45, 7) is 5.23. The van der Waals surface area contributed by atoms with Gasteiger partial charge in [-0.05, 0) is 43.3 Å². The van der Waals surface area contributed by atoms with Gasteiger partial charge in [0.05, 0.1) is 11.4 Å². The number of nitrogens with two attached hydrogens (primary N) is 1. The van der Waals surface area contributed by atoms with Crippen molar-refractivity contribution in [1.29, 1.82) is 0 Å². The van der Waals surface area contributed by atoms with Crippen molar-refractivity contribution in [2.45, 2.75) is 11.8 Å². The number of sulfonamides is 1. The van der Waals surface area contributed by atoms with E-state index in [1.807, 2.05) is 11.8 Å². The van der Waals surface area contributed by atoms with Gasteiger partial charge in [-0.1, -0.05) is 17.7 Å². The summed E-state index contributed by atoms with van der Waals surface area (Å²) in [5.41, 5.74) is 8.04. The van der Waals surface area contributed by atoms with E-state index in [1.54, 1.807) is 36.4 Å². The van der Waals surface area contributed by atoms with Crippen molar-refractivity contribution in [1.82, 2.24) is 9.62 Å². The van der Waals surface area contributed by atoms with Crippen molar-refractivity contribution in [2.24, 2.45) is 10.7 Å². The third-order valence-electron chi connectivity index (χ3n) is 4.80. The maximum absolute atomic E-state index is 13.1. The number of nitrogens with zero attached hydrogens (tertiary/aromatic N) is 3. The van der Waals surface area contributed by atoms with Crippen LogP contribution in [0.2, 0.25) is 0 Å². The second-order valence-corrected chi connectivity index (χ2v) is 8.67. The number of nitrogens with one attached hydrogen (secondary N) is 1. The molecule has 29 heavy (non-hydrogen) atoms. The van der Waals surface area contributed by atoms with E-state index >= 15 is 0 Å². The van der Waals surface area contributed by atoms with E-state index in [0.29, 0.717) is 19.0 Å². The Labute approximate surface area is 171 Å². The molecule has 0 atom stereocenters. The SMILES string of the molecule is Cc1ccc(S(=O)(=O)NCCN=C(N)N2CCN(c3ccc(F)cc3)CC2)cc1. The summed E-state index contributed by atoms with van der Waals surface area (Å²) in [5.74, 6) is 0.153. The lowest BCUT2D eigenvalue weighted by Gasteiger charge is -2.36. The lowest BCUT2D eigenvalue weighted by atomic mass is 10.2. The normalized spacial score (nSPS) is 15.6. The van der Waals surface area contributed by atoms with E-state index in [1.165, 1.54) is 12.1 Å². The highest BCUT2D eigenvalue weighted by molar-refractivity contribution is 7.89. The van der Waals surface area contributed by atoms with Gasteiger partial charge in [-0.15, -0.1) is 0 Å². The zero-order chi connectivity index (χ0) is 20.9. The first-order valence-electron chi connectivity index (χ1n) is 9.47. The summed E-state index contributed by atoms with van der Waals surface area (Å²) in [6, 6.07) is 13.1. The number of anilines is 1. The van der Waals surface area contributed by atoms with E-state index in [2.05, 4.69) is 14.6 Å². The van der Waals surface area contributed by atoms with E-state index < -0.39 is 10.0 Å². The maximum Gasteiger partial charge on any atom is 0.240 e. The van der Waals surface area contributed by atoms with Crippen LogP contribution in [0, 0.1) is 12.7 Å². The van der Waals surface area contributed by atoms with Gasteiger partial charge in [-0.25, -0.2) is 17.5 Å². The van der Waals surface area contributed by atoms with Crippen LogP contribution in [0.1, 0.15) is 5.56 Å². The highest BCUT2D eigenvalue weighted by Crippen LogP contribution is 2.16. The molecule has 3 N–H and O–H groups in total. The lowest BCUT2D eigenvalue weighted by Crippen LogP contribution is -2.51. The molecule has 0 amide bonds. The van der Waals surface area contributed by atoms with Crippen LogP contribution in [0.3, 0.4) is 0 Å². The minimum atomic E-state index is -3.55. The molecule has 1 aliphatic rings. The number of piperazine rings is 1. The Kier molecular flexibility index (Phi) is 6.71. The Morgan fingerprint density at radius 1 is 1.07 bits per heavy atom. The molecule has 0 aliphatic carbocycles. The van der Waals surface area contributed by atoms with Gasteiger partial charge < -0.3 is 15.5 Å². The van der Waals surface area contributed by atoms with Crippen LogP contribution >= 0.6 is 0 Å². The van der Waals surface area contributed by atoms with Crippen molar-refractivity contribution in [3.63, 3.8) is 0 Å². The first-order valence-corrected chi connectivity index (χ1v) is 11.0. The van der Waals surface area contributed by atoms with Crippen molar-refractivity contribution in [2.75, 3.05) is 44.2 Å². The smallest absolute Gasteiger partial charge is 0.240 e. The molecule has 2 aromatic rings.